The Labute approximate surface area is 163 Å². The van der Waals surface area contributed by atoms with Crippen LogP contribution >= 0.6 is 0 Å². The molecule has 7 nitrogen and oxygen atoms in total. The van der Waals surface area contributed by atoms with Crippen LogP contribution in [0.5, 0.6) is 0 Å². The van der Waals surface area contributed by atoms with E-state index in [9.17, 15) is 19.7 Å². The van der Waals surface area contributed by atoms with Crippen molar-refractivity contribution in [3.8, 4) is 0 Å². The number of esters is 1. The van der Waals surface area contributed by atoms with Crippen LogP contribution in [0.2, 0.25) is 0 Å². The molecule has 146 valence electrons. The molecule has 7 heteroatoms. The van der Waals surface area contributed by atoms with Crippen molar-refractivity contribution < 1.29 is 19.2 Å². The molecule has 28 heavy (non-hydrogen) atoms. The van der Waals surface area contributed by atoms with Gasteiger partial charge in [0.15, 0.2) is 6.61 Å². The van der Waals surface area contributed by atoms with Crippen LogP contribution in [0, 0.1) is 17.0 Å². The van der Waals surface area contributed by atoms with Crippen molar-refractivity contribution in [1.29, 1.82) is 0 Å². The third-order valence-electron chi connectivity index (χ3n) is 5.25. The molecule has 0 saturated carbocycles. The Bertz CT molecular complexity index is 925. The van der Waals surface area contributed by atoms with Gasteiger partial charge in [0.05, 0.1) is 16.5 Å². The van der Waals surface area contributed by atoms with Gasteiger partial charge in [-0.15, -0.1) is 0 Å². The maximum atomic E-state index is 12.6. The molecule has 2 aromatic carbocycles. The highest BCUT2D eigenvalue weighted by molar-refractivity contribution is 5.93. The van der Waals surface area contributed by atoms with Crippen molar-refractivity contribution in [2.24, 2.45) is 0 Å². The van der Waals surface area contributed by atoms with Crippen molar-refractivity contribution in [2.45, 2.75) is 32.2 Å². The van der Waals surface area contributed by atoms with Gasteiger partial charge in [-0.2, -0.15) is 0 Å². The van der Waals surface area contributed by atoms with Gasteiger partial charge in [-0.1, -0.05) is 30.3 Å². The number of benzene rings is 2. The Morgan fingerprint density at radius 2 is 1.96 bits per heavy atom. The van der Waals surface area contributed by atoms with Crippen molar-refractivity contribution in [2.75, 3.05) is 13.7 Å². The lowest BCUT2D eigenvalue weighted by molar-refractivity contribution is -0.385. The second kappa shape index (κ2) is 8.21. The third-order valence-corrected chi connectivity index (χ3v) is 5.25. The predicted octanol–water partition coefficient (Wildman–Crippen LogP) is 3.60. The number of fused-ring (bicyclic) bond motifs is 1. The quantitative estimate of drug-likeness (QED) is 0.448. The summed E-state index contributed by atoms with van der Waals surface area (Å²) in [4.78, 5) is 37.0. The fourth-order valence-corrected chi connectivity index (χ4v) is 3.65. The fourth-order valence-electron chi connectivity index (χ4n) is 3.65. The van der Waals surface area contributed by atoms with Crippen molar-refractivity contribution in [1.82, 2.24) is 4.90 Å². The number of carbonyl (C=O) groups excluding carboxylic acids is 2. The molecule has 0 spiro atoms. The molecule has 1 atom stereocenters. The van der Waals surface area contributed by atoms with Gasteiger partial charge in [0.25, 0.3) is 11.6 Å². The zero-order valence-corrected chi connectivity index (χ0v) is 15.9. The van der Waals surface area contributed by atoms with Crippen molar-refractivity contribution >= 4 is 17.6 Å². The normalized spacial score (nSPS) is 15.4. The highest BCUT2D eigenvalue weighted by atomic mass is 16.6. The lowest BCUT2D eigenvalue weighted by atomic mass is 9.87. The van der Waals surface area contributed by atoms with Gasteiger partial charge in [-0.3, -0.25) is 14.9 Å². The first-order valence-corrected chi connectivity index (χ1v) is 9.14. The summed E-state index contributed by atoms with van der Waals surface area (Å²) in [6.45, 7) is 1.08. The zero-order valence-electron chi connectivity index (χ0n) is 15.9. The average molecular weight is 382 g/mol. The van der Waals surface area contributed by atoms with Crippen LogP contribution in [-0.2, 0) is 16.0 Å². The van der Waals surface area contributed by atoms with Crippen LogP contribution in [0.25, 0.3) is 0 Å². The molecule has 3 rings (SSSR count). The highest BCUT2D eigenvalue weighted by Crippen LogP contribution is 2.33. The molecule has 0 heterocycles. The van der Waals surface area contributed by atoms with E-state index in [2.05, 4.69) is 6.07 Å². The Hall–Kier alpha value is -3.22. The number of amides is 1. The summed E-state index contributed by atoms with van der Waals surface area (Å²) >= 11 is 0. The molecule has 1 amide bonds. The summed E-state index contributed by atoms with van der Waals surface area (Å²) in [5, 5.41) is 11.0. The SMILES string of the molecule is Cc1c(C(=O)OCC(=O)N(C)C2CCCc3ccccc32)cccc1[N+](=O)[O-]. The number of hydrogen-bond acceptors (Lipinski definition) is 5. The van der Waals surface area contributed by atoms with Crippen LogP contribution < -0.4 is 0 Å². The summed E-state index contributed by atoms with van der Waals surface area (Å²) < 4.78 is 5.15. The van der Waals surface area contributed by atoms with E-state index in [4.69, 9.17) is 4.74 Å². The first kappa shape index (κ1) is 19.5. The molecule has 0 saturated heterocycles. The first-order valence-electron chi connectivity index (χ1n) is 9.14. The van der Waals surface area contributed by atoms with Gasteiger partial charge < -0.3 is 9.64 Å². The molecule has 2 aromatic rings. The molecule has 0 fully saturated rings. The number of rotatable bonds is 5. The van der Waals surface area contributed by atoms with E-state index in [0.29, 0.717) is 0 Å². The second-order valence-electron chi connectivity index (χ2n) is 6.89. The standard InChI is InChI=1S/C21H22N2O5/c1-14-16(10-6-11-18(14)23(26)27)21(25)28-13-20(24)22(2)19-12-5-8-15-7-3-4-9-17(15)19/h3-4,6-7,9-11,19H,5,8,12-13H2,1-2H3. The Morgan fingerprint density at radius 1 is 1.21 bits per heavy atom. The smallest absolute Gasteiger partial charge is 0.339 e. The molecule has 1 aliphatic rings. The van der Waals surface area contributed by atoms with Crippen LogP contribution in [0.3, 0.4) is 0 Å². The van der Waals surface area contributed by atoms with Gasteiger partial charge >= 0.3 is 5.97 Å². The molecule has 1 aliphatic carbocycles. The number of aryl methyl sites for hydroxylation is 1. The van der Waals surface area contributed by atoms with E-state index >= 15 is 0 Å². The molecular formula is C21H22N2O5. The van der Waals surface area contributed by atoms with E-state index < -0.39 is 17.5 Å². The largest absolute Gasteiger partial charge is 0.452 e. The fraction of sp³-hybridized carbons (Fsp3) is 0.333. The van der Waals surface area contributed by atoms with Gasteiger partial charge in [0.2, 0.25) is 0 Å². The number of carbonyl (C=O) groups is 2. The summed E-state index contributed by atoms with van der Waals surface area (Å²) in [5.41, 5.74) is 2.52. The van der Waals surface area contributed by atoms with Crippen molar-refractivity contribution in [3.63, 3.8) is 0 Å². The minimum atomic E-state index is -0.744. The minimum Gasteiger partial charge on any atom is -0.452 e. The van der Waals surface area contributed by atoms with E-state index in [1.54, 1.807) is 11.9 Å². The average Bonchev–Trinajstić information content (AvgIpc) is 2.70. The topological polar surface area (TPSA) is 89.8 Å². The van der Waals surface area contributed by atoms with Gasteiger partial charge in [-0.05, 0) is 43.4 Å². The van der Waals surface area contributed by atoms with E-state index in [-0.39, 0.29) is 28.8 Å². The Balaban J connectivity index is 1.67. The zero-order chi connectivity index (χ0) is 20.3. The molecular weight excluding hydrogens is 360 g/mol. The van der Waals surface area contributed by atoms with Crippen LogP contribution in [0.4, 0.5) is 5.69 Å². The van der Waals surface area contributed by atoms with Crippen LogP contribution in [0.1, 0.15) is 45.9 Å². The van der Waals surface area contributed by atoms with Gasteiger partial charge in [0, 0.05) is 18.7 Å². The van der Waals surface area contributed by atoms with E-state index in [1.165, 1.54) is 30.7 Å². The lowest BCUT2D eigenvalue weighted by Crippen LogP contribution is -2.36. The molecule has 1 unspecified atom stereocenters. The summed E-state index contributed by atoms with van der Waals surface area (Å²) in [6, 6.07) is 12.2. The maximum Gasteiger partial charge on any atom is 0.339 e. The number of nitro benzene ring substituents is 1. The predicted molar refractivity (Wildman–Crippen MR) is 103 cm³/mol. The molecule has 0 bridgehead atoms. The molecule has 0 aromatic heterocycles. The third kappa shape index (κ3) is 3.88. The van der Waals surface area contributed by atoms with E-state index in [0.717, 1.165) is 24.8 Å². The molecule has 0 aliphatic heterocycles. The van der Waals surface area contributed by atoms with E-state index in [1.807, 2.05) is 18.2 Å². The number of likely N-dealkylation sites (N-methyl/N-ethyl adjacent to an activating group) is 1. The monoisotopic (exact) mass is 382 g/mol. The molecule has 0 N–H and O–H groups in total. The van der Waals surface area contributed by atoms with Gasteiger partial charge in [0.1, 0.15) is 0 Å². The molecule has 0 radical (unpaired) electrons. The highest BCUT2D eigenvalue weighted by Gasteiger charge is 2.27. The lowest BCUT2D eigenvalue weighted by Gasteiger charge is -2.33. The summed E-state index contributed by atoms with van der Waals surface area (Å²) in [7, 11) is 1.71. The number of ether oxygens (including phenoxy) is 1. The summed E-state index contributed by atoms with van der Waals surface area (Å²) in [5.74, 6) is -1.05. The Kier molecular flexibility index (Phi) is 5.73. The maximum absolute atomic E-state index is 12.6. The first-order chi connectivity index (χ1) is 13.4. The minimum absolute atomic E-state index is 0.0456. The van der Waals surface area contributed by atoms with Gasteiger partial charge in [-0.25, -0.2) is 4.79 Å². The van der Waals surface area contributed by atoms with Crippen LogP contribution in [0.15, 0.2) is 42.5 Å². The van der Waals surface area contributed by atoms with Crippen molar-refractivity contribution in [3.05, 3.63) is 74.8 Å². The summed E-state index contributed by atoms with van der Waals surface area (Å²) in [6.07, 6.45) is 2.85. The number of nitrogens with zero attached hydrogens (tertiary/aromatic N) is 2. The number of nitro groups is 1. The Morgan fingerprint density at radius 3 is 2.71 bits per heavy atom. The number of hydrogen-bond donors (Lipinski definition) is 0. The van der Waals surface area contributed by atoms with Crippen LogP contribution in [-0.4, -0.2) is 35.4 Å². The second-order valence-corrected chi connectivity index (χ2v) is 6.89.